The van der Waals surface area contributed by atoms with Crippen LogP contribution in [0.3, 0.4) is 0 Å². The minimum absolute atomic E-state index is 0.224. The highest BCUT2D eigenvalue weighted by Crippen LogP contribution is 2.37. The normalized spacial score (nSPS) is 16.3. The number of thiazole rings is 1. The van der Waals surface area contributed by atoms with Gasteiger partial charge in [0.05, 0.1) is 27.5 Å². The highest BCUT2D eigenvalue weighted by molar-refractivity contribution is 7.23. The molecule has 2 aromatic heterocycles. The maximum absolute atomic E-state index is 15.6. The lowest BCUT2D eigenvalue weighted by atomic mass is 10.0. The molecule has 0 radical (unpaired) electrons. The first-order valence-electron chi connectivity index (χ1n) is 13.2. The predicted octanol–water partition coefficient (Wildman–Crippen LogP) is 7.69. The highest BCUT2D eigenvalue weighted by atomic mass is 32.1. The summed E-state index contributed by atoms with van der Waals surface area (Å²) in [7, 11) is 0. The molecule has 39 heavy (non-hydrogen) atoms. The molecular formula is C30H34FN3O4S. The molecule has 1 saturated heterocycles. The summed E-state index contributed by atoms with van der Waals surface area (Å²) in [6, 6.07) is 10.4. The van der Waals surface area contributed by atoms with E-state index in [9.17, 15) is 9.59 Å². The molecule has 2 aromatic carbocycles. The van der Waals surface area contributed by atoms with Crippen molar-refractivity contribution in [3.05, 3.63) is 59.0 Å². The van der Waals surface area contributed by atoms with Crippen LogP contribution in [0.1, 0.15) is 82.0 Å². The van der Waals surface area contributed by atoms with E-state index in [2.05, 4.69) is 0 Å². The number of rotatable bonds is 3. The minimum Gasteiger partial charge on any atom is -0.456 e. The average molecular weight is 552 g/mol. The van der Waals surface area contributed by atoms with Gasteiger partial charge in [-0.05, 0) is 97.2 Å². The van der Waals surface area contributed by atoms with Crippen molar-refractivity contribution in [3.8, 4) is 11.3 Å². The van der Waals surface area contributed by atoms with Crippen molar-refractivity contribution < 1.29 is 23.5 Å². The first kappa shape index (κ1) is 27.1. The number of aromatic nitrogens is 2. The quantitative estimate of drug-likeness (QED) is 0.244. The minimum atomic E-state index is -0.591. The zero-order valence-corrected chi connectivity index (χ0v) is 24.2. The highest BCUT2D eigenvalue weighted by Gasteiger charge is 2.33. The van der Waals surface area contributed by atoms with Gasteiger partial charge in [-0.3, -0.25) is 4.40 Å². The number of likely N-dealkylation sites (tertiary alicyclic amines) is 1. The monoisotopic (exact) mass is 551 g/mol. The van der Waals surface area contributed by atoms with Crippen molar-refractivity contribution in [1.82, 2.24) is 14.3 Å². The van der Waals surface area contributed by atoms with Crippen molar-refractivity contribution >= 4 is 38.6 Å². The van der Waals surface area contributed by atoms with Gasteiger partial charge in [0.1, 0.15) is 17.0 Å². The Bertz CT molecular complexity index is 1590. The summed E-state index contributed by atoms with van der Waals surface area (Å²) in [5, 5.41) is 0. The summed E-state index contributed by atoms with van der Waals surface area (Å²) in [6.07, 6.45) is 1.22. The van der Waals surface area contributed by atoms with Gasteiger partial charge in [0, 0.05) is 17.8 Å². The summed E-state index contributed by atoms with van der Waals surface area (Å²) in [5.74, 6) is -0.753. The zero-order chi connectivity index (χ0) is 28.3. The number of amides is 1. The van der Waals surface area contributed by atoms with Crippen LogP contribution < -0.4 is 0 Å². The smallest absolute Gasteiger partial charge is 0.410 e. The summed E-state index contributed by atoms with van der Waals surface area (Å²) in [4.78, 5) is 32.4. The second kappa shape index (κ2) is 9.62. The number of hydrogen-bond donors (Lipinski definition) is 0. The van der Waals surface area contributed by atoms with E-state index in [1.54, 1.807) is 17.0 Å². The molecular weight excluding hydrogens is 517 g/mol. The molecule has 9 heteroatoms. The molecule has 7 nitrogen and oxygen atoms in total. The molecule has 1 fully saturated rings. The lowest BCUT2D eigenvalue weighted by molar-refractivity contribution is 0.00688. The number of hydrogen-bond acceptors (Lipinski definition) is 6. The summed E-state index contributed by atoms with van der Waals surface area (Å²) >= 11 is 1.44. The van der Waals surface area contributed by atoms with Gasteiger partial charge in [0.25, 0.3) is 0 Å². The maximum atomic E-state index is 15.6. The topological polar surface area (TPSA) is 73.1 Å². The molecule has 0 saturated carbocycles. The molecule has 1 aliphatic rings. The zero-order valence-electron chi connectivity index (χ0n) is 23.4. The van der Waals surface area contributed by atoms with E-state index in [1.165, 1.54) is 17.4 Å². The third-order valence-corrected chi connectivity index (χ3v) is 7.63. The fourth-order valence-corrected chi connectivity index (χ4v) is 6.12. The number of halogens is 1. The molecule has 0 spiro atoms. The second-order valence-corrected chi connectivity index (χ2v) is 13.0. The fraction of sp³-hybridized carbons (Fsp3) is 0.433. The Kier molecular flexibility index (Phi) is 6.69. The van der Waals surface area contributed by atoms with Gasteiger partial charge >= 0.3 is 12.1 Å². The van der Waals surface area contributed by atoms with Crippen LogP contribution in [0, 0.1) is 12.7 Å². The van der Waals surface area contributed by atoms with E-state index in [4.69, 9.17) is 14.5 Å². The molecule has 0 N–H and O–H groups in total. The van der Waals surface area contributed by atoms with Crippen LogP contribution in [0.15, 0.2) is 36.4 Å². The number of nitrogens with zero attached hydrogens (tertiary/aromatic N) is 3. The number of imidazole rings is 1. The molecule has 0 bridgehead atoms. The first-order valence-corrected chi connectivity index (χ1v) is 14.0. The standard InChI is InChI=1S/C30H34FN3O4S/c1-17-25(32-27-34(17)23-13-11-19(16-24(23)39-27)26(35)37-29(2,3)4)20-12-10-18(15-21(20)31)22-9-8-14-33(22)28(36)38-30(5,6)7/h10-13,15-16,22H,8-9,14H2,1-7H3. The first-order chi connectivity index (χ1) is 18.2. The Morgan fingerprint density at radius 1 is 1.03 bits per heavy atom. The Hall–Kier alpha value is -3.46. The van der Waals surface area contributed by atoms with Crippen LogP contribution in [0.5, 0.6) is 0 Å². The molecule has 1 aliphatic heterocycles. The Balaban J connectivity index is 1.44. The van der Waals surface area contributed by atoms with Crippen LogP contribution in [0.25, 0.3) is 26.4 Å². The van der Waals surface area contributed by atoms with E-state index in [-0.39, 0.29) is 23.9 Å². The van der Waals surface area contributed by atoms with E-state index in [1.807, 2.05) is 71.1 Å². The van der Waals surface area contributed by atoms with Crippen LogP contribution in [0.4, 0.5) is 9.18 Å². The Morgan fingerprint density at radius 3 is 2.41 bits per heavy atom. The fourth-order valence-electron chi connectivity index (χ4n) is 5.01. The van der Waals surface area contributed by atoms with Gasteiger partial charge in [0.2, 0.25) is 0 Å². The summed E-state index contributed by atoms with van der Waals surface area (Å²) in [6.45, 7) is 13.5. The molecule has 5 rings (SSSR count). The summed E-state index contributed by atoms with van der Waals surface area (Å²) in [5.41, 5.74) is 2.75. The maximum Gasteiger partial charge on any atom is 0.410 e. The Labute approximate surface area is 231 Å². The third-order valence-electron chi connectivity index (χ3n) is 6.63. The van der Waals surface area contributed by atoms with Gasteiger partial charge in [-0.2, -0.15) is 0 Å². The van der Waals surface area contributed by atoms with Gasteiger partial charge in [-0.25, -0.2) is 19.0 Å². The summed E-state index contributed by atoms with van der Waals surface area (Å²) < 4.78 is 29.5. The van der Waals surface area contributed by atoms with Gasteiger partial charge in [0.15, 0.2) is 4.96 Å². The average Bonchev–Trinajstić information content (AvgIpc) is 3.51. The van der Waals surface area contributed by atoms with E-state index in [0.717, 1.165) is 34.3 Å². The van der Waals surface area contributed by atoms with Crippen molar-refractivity contribution in [3.63, 3.8) is 0 Å². The molecule has 1 unspecified atom stereocenters. The van der Waals surface area contributed by atoms with Crippen molar-refractivity contribution in [1.29, 1.82) is 0 Å². The number of aryl methyl sites for hydroxylation is 1. The van der Waals surface area contributed by atoms with Crippen LogP contribution in [-0.4, -0.2) is 44.1 Å². The van der Waals surface area contributed by atoms with Crippen LogP contribution in [-0.2, 0) is 9.47 Å². The van der Waals surface area contributed by atoms with Crippen LogP contribution in [0.2, 0.25) is 0 Å². The predicted molar refractivity (Wildman–Crippen MR) is 151 cm³/mol. The van der Waals surface area contributed by atoms with Gasteiger partial charge in [-0.1, -0.05) is 17.4 Å². The second-order valence-electron chi connectivity index (χ2n) is 12.0. The molecule has 1 atom stereocenters. The van der Waals surface area contributed by atoms with Gasteiger partial charge < -0.3 is 14.4 Å². The lowest BCUT2D eigenvalue weighted by Crippen LogP contribution is -2.36. The van der Waals surface area contributed by atoms with E-state index >= 15 is 4.39 Å². The molecule has 4 aromatic rings. The molecule has 1 amide bonds. The molecule has 0 aliphatic carbocycles. The van der Waals surface area contributed by atoms with Crippen LogP contribution >= 0.6 is 11.3 Å². The largest absolute Gasteiger partial charge is 0.456 e. The van der Waals surface area contributed by atoms with E-state index < -0.39 is 11.2 Å². The number of carbonyl (C=O) groups excluding carboxylic acids is 2. The van der Waals surface area contributed by atoms with E-state index in [0.29, 0.717) is 28.3 Å². The Morgan fingerprint density at radius 2 is 1.74 bits per heavy atom. The number of ether oxygens (including phenoxy) is 2. The number of fused-ring (bicyclic) bond motifs is 3. The van der Waals surface area contributed by atoms with Gasteiger partial charge in [-0.15, -0.1) is 0 Å². The van der Waals surface area contributed by atoms with Crippen molar-refractivity contribution in [2.24, 2.45) is 0 Å². The van der Waals surface area contributed by atoms with Crippen molar-refractivity contribution in [2.45, 2.75) is 78.6 Å². The SMILES string of the molecule is Cc1c(-c2ccc(C3CCCN3C(=O)OC(C)(C)C)cc2F)nc2sc3cc(C(=O)OC(C)(C)C)ccc3n12. The number of esters is 1. The molecule has 206 valence electrons. The number of benzene rings is 2. The lowest BCUT2D eigenvalue weighted by Gasteiger charge is -2.29. The third kappa shape index (κ3) is 5.37. The van der Waals surface area contributed by atoms with Crippen molar-refractivity contribution in [2.75, 3.05) is 6.54 Å². The molecule has 3 heterocycles. The number of carbonyl (C=O) groups is 2.